The number of hydrogen-bond acceptors (Lipinski definition) is 2. The summed E-state index contributed by atoms with van der Waals surface area (Å²) in [5.41, 5.74) is 7.23. The SMILES string of the molecule is CCC(C)c1ccccc1OC1CCCCC1CN. The minimum atomic E-state index is 0.309. The quantitative estimate of drug-likeness (QED) is 0.866. The van der Waals surface area contributed by atoms with Crippen molar-refractivity contribution >= 4 is 0 Å². The largest absolute Gasteiger partial charge is 0.490 e. The third kappa shape index (κ3) is 3.50. The van der Waals surface area contributed by atoms with Crippen molar-refractivity contribution in [2.45, 2.75) is 58.0 Å². The van der Waals surface area contributed by atoms with Gasteiger partial charge in [0.15, 0.2) is 0 Å². The van der Waals surface area contributed by atoms with E-state index in [9.17, 15) is 0 Å². The van der Waals surface area contributed by atoms with Crippen molar-refractivity contribution < 1.29 is 4.74 Å². The summed E-state index contributed by atoms with van der Waals surface area (Å²) in [5, 5.41) is 0. The molecule has 0 radical (unpaired) electrons. The second kappa shape index (κ2) is 6.95. The lowest BCUT2D eigenvalue weighted by atomic mass is 9.86. The van der Waals surface area contributed by atoms with Crippen LogP contribution in [-0.4, -0.2) is 12.6 Å². The Kier molecular flexibility index (Phi) is 5.26. The molecular weight excluding hydrogens is 234 g/mol. The summed E-state index contributed by atoms with van der Waals surface area (Å²) in [4.78, 5) is 0. The van der Waals surface area contributed by atoms with Gasteiger partial charge in [0.25, 0.3) is 0 Å². The van der Waals surface area contributed by atoms with Crippen LogP contribution >= 0.6 is 0 Å². The molecule has 1 aliphatic carbocycles. The average molecular weight is 261 g/mol. The molecule has 3 unspecified atom stereocenters. The molecule has 1 saturated carbocycles. The van der Waals surface area contributed by atoms with Crippen LogP contribution in [0.2, 0.25) is 0 Å². The second-order valence-electron chi connectivity index (χ2n) is 5.78. The Labute approximate surface area is 117 Å². The van der Waals surface area contributed by atoms with E-state index in [1.165, 1.54) is 24.8 Å². The summed E-state index contributed by atoms with van der Waals surface area (Å²) in [6.45, 7) is 5.24. The Bertz CT molecular complexity index is 391. The van der Waals surface area contributed by atoms with Gasteiger partial charge in [0.2, 0.25) is 0 Å². The molecule has 0 aromatic heterocycles. The van der Waals surface area contributed by atoms with E-state index < -0.39 is 0 Å². The summed E-state index contributed by atoms with van der Waals surface area (Å²) in [6.07, 6.45) is 6.39. The van der Waals surface area contributed by atoms with E-state index in [1.807, 2.05) is 0 Å². The van der Waals surface area contributed by atoms with Gasteiger partial charge in [-0.25, -0.2) is 0 Å². The lowest BCUT2D eigenvalue weighted by Crippen LogP contribution is -2.35. The van der Waals surface area contributed by atoms with Crippen molar-refractivity contribution in [1.82, 2.24) is 0 Å². The molecular formula is C17H27NO. The van der Waals surface area contributed by atoms with E-state index in [4.69, 9.17) is 10.5 Å². The van der Waals surface area contributed by atoms with Crippen molar-refractivity contribution in [1.29, 1.82) is 0 Å². The van der Waals surface area contributed by atoms with Gasteiger partial charge < -0.3 is 10.5 Å². The van der Waals surface area contributed by atoms with Crippen LogP contribution in [0, 0.1) is 5.92 Å². The van der Waals surface area contributed by atoms with E-state index in [1.54, 1.807) is 0 Å². The van der Waals surface area contributed by atoms with Crippen molar-refractivity contribution in [2.24, 2.45) is 11.7 Å². The predicted octanol–water partition coefficient (Wildman–Crippen LogP) is 4.10. The molecule has 19 heavy (non-hydrogen) atoms. The zero-order valence-electron chi connectivity index (χ0n) is 12.3. The fourth-order valence-corrected chi connectivity index (χ4v) is 2.98. The fourth-order valence-electron chi connectivity index (χ4n) is 2.98. The van der Waals surface area contributed by atoms with Gasteiger partial charge in [0.05, 0.1) is 0 Å². The fraction of sp³-hybridized carbons (Fsp3) is 0.647. The normalized spacial score (nSPS) is 25.0. The zero-order valence-corrected chi connectivity index (χ0v) is 12.3. The number of benzene rings is 1. The molecule has 1 aromatic rings. The van der Waals surface area contributed by atoms with Crippen molar-refractivity contribution in [3.05, 3.63) is 29.8 Å². The summed E-state index contributed by atoms with van der Waals surface area (Å²) in [7, 11) is 0. The first kappa shape index (κ1) is 14.4. The first-order valence-electron chi connectivity index (χ1n) is 7.71. The van der Waals surface area contributed by atoms with Crippen molar-refractivity contribution in [3.63, 3.8) is 0 Å². The monoisotopic (exact) mass is 261 g/mol. The molecule has 2 heteroatoms. The Morgan fingerprint density at radius 3 is 2.74 bits per heavy atom. The van der Waals surface area contributed by atoms with Crippen LogP contribution in [-0.2, 0) is 0 Å². The minimum absolute atomic E-state index is 0.309. The molecule has 0 heterocycles. The molecule has 3 atom stereocenters. The smallest absolute Gasteiger partial charge is 0.123 e. The molecule has 0 aliphatic heterocycles. The molecule has 1 aromatic carbocycles. The Morgan fingerprint density at radius 1 is 1.26 bits per heavy atom. The highest BCUT2D eigenvalue weighted by Crippen LogP contribution is 2.33. The Morgan fingerprint density at radius 2 is 2.00 bits per heavy atom. The zero-order chi connectivity index (χ0) is 13.7. The van der Waals surface area contributed by atoms with Gasteiger partial charge in [-0.3, -0.25) is 0 Å². The highest BCUT2D eigenvalue weighted by atomic mass is 16.5. The van der Waals surface area contributed by atoms with Gasteiger partial charge >= 0.3 is 0 Å². The van der Waals surface area contributed by atoms with Crippen LogP contribution in [0.5, 0.6) is 5.75 Å². The number of ether oxygens (including phenoxy) is 1. The van der Waals surface area contributed by atoms with Crippen LogP contribution in [0.25, 0.3) is 0 Å². The predicted molar refractivity (Wildman–Crippen MR) is 80.6 cm³/mol. The highest BCUT2D eigenvalue weighted by molar-refractivity contribution is 5.36. The molecule has 2 nitrogen and oxygen atoms in total. The van der Waals surface area contributed by atoms with E-state index >= 15 is 0 Å². The van der Waals surface area contributed by atoms with E-state index in [0.29, 0.717) is 17.9 Å². The maximum absolute atomic E-state index is 6.33. The number of rotatable bonds is 5. The van der Waals surface area contributed by atoms with Gasteiger partial charge in [-0.2, -0.15) is 0 Å². The lowest BCUT2D eigenvalue weighted by Gasteiger charge is -2.32. The van der Waals surface area contributed by atoms with Crippen LogP contribution in [0.1, 0.15) is 57.4 Å². The van der Waals surface area contributed by atoms with Crippen LogP contribution in [0.3, 0.4) is 0 Å². The van der Waals surface area contributed by atoms with Gasteiger partial charge in [-0.15, -0.1) is 0 Å². The Hall–Kier alpha value is -1.02. The first-order chi connectivity index (χ1) is 9.26. The average Bonchev–Trinajstić information content (AvgIpc) is 2.47. The van der Waals surface area contributed by atoms with Gasteiger partial charge in [0, 0.05) is 5.92 Å². The summed E-state index contributed by atoms with van der Waals surface area (Å²) in [6, 6.07) is 8.49. The van der Waals surface area contributed by atoms with Crippen LogP contribution in [0.4, 0.5) is 0 Å². The van der Waals surface area contributed by atoms with E-state index in [2.05, 4.69) is 38.1 Å². The lowest BCUT2D eigenvalue weighted by molar-refractivity contribution is 0.0956. The first-order valence-corrected chi connectivity index (χ1v) is 7.71. The summed E-state index contributed by atoms with van der Waals surface area (Å²) in [5.74, 6) is 2.15. The van der Waals surface area contributed by atoms with Crippen molar-refractivity contribution in [2.75, 3.05) is 6.54 Å². The number of nitrogens with two attached hydrogens (primary N) is 1. The van der Waals surface area contributed by atoms with Gasteiger partial charge in [-0.05, 0) is 49.8 Å². The molecule has 1 aliphatic rings. The van der Waals surface area contributed by atoms with Crippen LogP contribution < -0.4 is 10.5 Å². The number of para-hydroxylation sites is 1. The van der Waals surface area contributed by atoms with Crippen molar-refractivity contribution in [3.8, 4) is 5.75 Å². The van der Waals surface area contributed by atoms with E-state index in [0.717, 1.165) is 25.1 Å². The molecule has 0 amide bonds. The molecule has 0 saturated heterocycles. The molecule has 0 spiro atoms. The summed E-state index contributed by atoms with van der Waals surface area (Å²) >= 11 is 0. The molecule has 2 N–H and O–H groups in total. The maximum atomic E-state index is 6.33. The number of hydrogen-bond donors (Lipinski definition) is 1. The van der Waals surface area contributed by atoms with Crippen LogP contribution in [0.15, 0.2) is 24.3 Å². The van der Waals surface area contributed by atoms with Gasteiger partial charge in [-0.1, -0.05) is 38.5 Å². The van der Waals surface area contributed by atoms with Gasteiger partial charge in [0.1, 0.15) is 11.9 Å². The molecule has 2 rings (SSSR count). The molecule has 106 valence electrons. The Balaban J connectivity index is 2.13. The topological polar surface area (TPSA) is 35.2 Å². The summed E-state index contributed by atoms with van der Waals surface area (Å²) < 4.78 is 6.33. The minimum Gasteiger partial charge on any atom is -0.490 e. The third-order valence-corrected chi connectivity index (χ3v) is 4.48. The second-order valence-corrected chi connectivity index (χ2v) is 5.78. The van der Waals surface area contributed by atoms with E-state index in [-0.39, 0.29) is 0 Å². The third-order valence-electron chi connectivity index (χ3n) is 4.48. The molecule has 0 bridgehead atoms. The molecule has 1 fully saturated rings. The highest BCUT2D eigenvalue weighted by Gasteiger charge is 2.26. The maximum Gasteiger partial charge on any atom is 0.123 e. The standard InChI is InChI=1S/C17H27NO/c1-3-13(2)15-9-5-7-11-17(15)19-16-10-6-4-8-14(16)12-18/h5,7,9,11,13-14,16H,3-4,6,8,10,12,18H2,1-2H3.